The van der Waals surface area contributed by atoms with Gasteiger partial charge in [-0.25, -0.2) is 9.59 Å². The largest absolute Gasteiger partial charge is 0.489 e. The van der Waals surface area contributed by atoms with Gasteiger partial charge in [-0.2, -0.15) is 0 Å². The quantitative estimate of drug-likeness (QED) is 0.394. The number of aliphatic hydroxyl groups is 1. The van der Waals surface area contributed by atoms with Gasteiger partial charge in [0, 0.05) is 35.4 Å². The Bertz CT molecular complexity index is 1310. The number of hydrogen-bond donors (Lipinski definition) is 4. The number of carbonyl (C=O) groups excluding carboxylic acids is 1. The van der Waals surface area contributed by atoms with E-state index in [0.29, 0.717) is 28.6 Å². The molecule has 0 spiro atoms. The van der Waals surface area contributed by atoms with Crippen molar-refractivity contribution >= 4 is 23.3 Å². The summed E-state index contributed by atoms with van der Waals surface area (Å²) in [5.74, 6) is 0.636. The van der Waals surface area contributed by atoms with Gasteiger partial charge in [0.15, 0.2) is 0 Å². The second-order valence-corrected chi connectivity index (χ2v) is 8.63. The number of nitrogens with zero attached hydrogens (tertiary/aromatic N) is 1. The monoisotopic (exact) mass is 500 g/mol. The minimum atomic E-state index is -0.893. The van der Waals surface area contributed by atoms with Crippen LogP contribution in [0.4, 0.5) is 10.5 Å². The Labute approximate surface area is 205 Å². The molecular weight excluding hydrogens is 476 g/mol. The van der Waals surface area contributed by atoms with E-state index in [1.165, 1.54) is 10.8 Å². The number of amides is 2. The summed E-state index contributed by atoms with van der Waals surface area (Å²) in [6.07, 6.45) is -0.815. The SMILES string of the molecule is Cc1cn([C@@H]2C[C@H](O)[C@@H](CNC(=O)Nc3ccc(OCc4cccc(Cl)c4)cc3)O2)c(=O)[nH]c1=O. The van der Waals surface area contributed by atoms with Crippen LogP contribution in [0.15, 0.2) is 64.3 Å². The molecule has 0 bridgehead atoms. The molecule has 35 heavy (non-hydrogen) atoms. The number of carbonyl (C=O) groups is 1. The molecule has 1 aliphatic rings. The summed E-state index contributed by atoms with van der Waals surface area (Å²) in [4.78, 5) is 38.1. The number of aromatic amines is 1. The fourth-order valence-corrected chi connectivity index (χ4v) is 3.88. The van der Waals surface area contributed by atoms with Gasteiger partial charge in [0.2, 0.25) is 0 Å². The van der Waals surface area contributed by atoms with Crippen LogP contribution in [0.1, 0.15) is 23.8 Å². The van der Waals surface area contributed by atoms with Crippen molar-refractivity contribution in [3.8, 4) is 5.75 Å². The van der Waals surface area contributed by atoms with Gasteiger partial charge >= 0.3 is 11.7 Å². The molecule has 2 aromatic carbocycles. The molecule has 3 aromatic rings. The minimum Gasteiger partial charge on any atom is -0.489 e. The van der Waals surface area contributed by atoms with Crippen molar-refractivity contribution in [3.63, 3.8) is 0 Å². The van der Waals surface area contributed by atoms with E-state index < -0.39 is 35.7 Å². The zero-order valence-corrected chi connectivity index (χ0v) is 19.6. The molecule has 3 atom stereocenters. The number of urea groups is 1. The van der Waals surface area contributed by atoms with Gasteiger partial charge in [0.1, 0.15) is 24.7 Å². The molecule has 1 aromatic heterocycles. The Morgan fingerprint density at radius 1 is 1.26 bits per heavy atom. The van der Waals surface area contributed by atoms with E-state index in [1.54, 1.807) is 37.3 Å². The molecule has 1 aliphatic heterocycles. The molecule has 0 aliphatic carbocycles. The Morgan fingerprint density at radius 2 is 2.03 bits per heavy atom. The van der Waals surface area contributed by atoms with Crippen molar-refractivity contribution in [2.75, 3.05) is 11.9 Å². The van der Waals surface area contributed by atoms with E-state index in [2.05, 4.69) is 15.6 Å². The van der Waals surface area contributed by atoms with Gasteiger partial charge in [-0.1, -0.05) is 23.7 Å². The van der Waals surface area contributed by atoms with E-state index in [1.807, 2.05) is 18.2 Å². The number of nitrogens with one attached hydrogen (secondary N) is 3. The van der Waals surface area contributed by atoms with Crippen LogP contribution in [-0.4, -0.2) is 39.4 Å². The van der Waals surface area contributed by atoms with Gasteiger partial charge in [0.25, 0.3) is 5.56 Å². The number of ether oxygens (including phenoxy) is 2. The third-order valence-corrected chi connectivity index (χ3v) is 5.77. The molecule has 10 nitrogen and oxygen atoms in total. The normalized spacial score (nSPS) is 19.3. The van der Waals surface area contributed by atoms with Crippen LogP contribution < -0.4 is 26.6 Å². The number of aryl methyl sites for hydroxylation is 1. The Morgan fingerprint density at radius 3 is 2.77 bits per heavy atom. The zero-order chi connectivity index (χ0) is 24.9. The third-order valence-electron chi connectivity index (χ3n) is 5.53. The zero-order valence-electron chi connectivity index (χ0n) is 18.9. The first-order chi connectivity index (χ1) is 16.8. The van der Waals surface area contributed by atoms with Gasteiger partial charge in [0.05, 0.1) is 6.10 Å². The van der Waals surface area contributed by atoms with Crippen LogP contribution in [0.25, 0.3) is 0 Å². The smallest absolute Gasteiger partial charge is 0.330 e. The molecule has 2 heterocycles. The standard InChI is InChI=1S/C24H25ClN4O6/c1-14-12-29(24(33)28-22(14)31)21-10-19(30)20(35-21)11-26-23(32)27-17-5-7-18(8-6-17)34-13-15-3-2-4-16(25)9-15/h2-9,12,19-21,30H,10-11,13H2,1H3,(H2,26,27,32)(H,28,31,33)/t19-,20+,21-/m0/s1. The van der Waals surface area contributed by atoms with Crippen molar-refractivity contribution in [1.82, 2.24) is 14.9 Å². The Balaban J connectivity index is 1.25. The fraction of sp³-hybridized carbons (Fsp3) is 0.292. The van der Waals surface area contributed by atoms with E-state index >= 15 is 0 Å². The molecule has 4 N–H and O–H groups in total. The average molecular weight is 501 g/mol. The number of anilines is 1. The van der Waals surface area contributed by atoms with Crippen LogP contribution in [0.2, 0.25) is 5.02 Å². The molecule has 184 valence electrons. The summed E-state index contributed by atoms with van der Waals surface area (Å²) >= 11 is 5.97. The second-order valence-electron chi connectivity index (χ2n) is 8.19. The highest BCUT2D eigenvalue weighted by Crippen LogP contribution is 2.27. The van der Waals surface area contributed by atoms with Crippen LogP contribution in [0.3, 0.4) is 0 Å². The maximum absolute atomic E-state index is 12.3. The molecule has 1 saturated heterocycles. The van der Waals surface area contributed by atoms with Crippen molar-refractivity contribution in [2.24, 2.45) is 0 Å². The highest BCUT2D eigenvalue weighted by Gasteiger charge is 2.35. The molecule has 0 unspecified atom stereocenters. The topological polar surface area (TPSA) is 135 Å². The van der Waals surface area contributed by atoms with Crippen LogP contribution in [0, 0.1) is 6.92 Å². The number of H-pyrrole nitrogens is 1. The van der Waals surface area contributed by atoms with Crippen LogP contribution >= 0.6 is 11.6 Å². The molecule has 1 fully saturated rings. The second kappa shape index (κ2) is 10.8. The van der Waals surface area contributed by atoms with Gasteiger partial charge in [-0.15, -0.1) is 0 Å². The minimum absolute atomic E-state index is 0.0292. The first kappa shape index (κ1) is 24.5. The van der Waals surface area contributed by atoms with E-state index in [0.717, 1.165) is 5.56 Å². The lowest BCUT2D eigenvalue weighted by Crippen LogP contribution is -2.39. The summed E-state index contributed by atoms with van der Waals surface area (Å²) in [5, 5.41) is 16.3. The van der Waals surface area contributed by atoms with Gasteiger partial charge in [-0.3, -0.25) is 14.3 Å². The van der Waals surface area contributed by atoms with Crippen molar-refractivity contribution in [1.29, 1.82) is 0 Å². The first-order valence-corrected chi connectivity index (χ1v) is 11.3. The van der Waals surface area contributed by atoms with E-state index in [-0.39, 0.29) is 13.0 Å². The summed E-state index contributed by atoms with van der Waals surface area (Å²) < 4.78 is 12.7. The molecule has 4 rings (SSSR count). The molecular formula is C24H25ClN4O6. The first-order valence-electron chi connectivity index (χ1n) is 11.0. The lowest BCUT2D eigenvalue weighted by atomic mass is 10.2. The maximum Gasteiger partial charge on any atom is 0.330 e. The number of rotatable bonds is 7. The van der Waals surface area contributed by atoms with Crippen LogP contribution in [0.5, 0.6) is 5.75 Å². The predicted octanol–water partition coefficient (Wildman–Crippen LogP) is 2.55. The number of aromatic nitrogens is 2. The Kier molecular flexibility index (Phi) is 7.54. The summed E-state index contributed by atoms with van der Waals surface area (Å²) in [6.45, 7) is 1.96. The maximum atomic E-state index is 12.3. The Hall–Kier alpha value is -3.60. The lowest BCUT2D eigenvalue weighted by molar-refractivity contribution is -0.0178. The summed E-state index contributed by atoms with van der Waals surface area (Å²) in [5.41, 5.74) is 0.755. The number of hydrogen-bond acceptors (Lipinski definition) is 6. The highest BCUT2D eigenvalue weighted by atomic mass is 35.5. The number of halogens is 1. The average Bonchev–Trinajstić information content (AvgIpc) is 3.20. The van der Waals surface area contributed by atoms with Gasteiger partial charge in [-0.05, 0) is 48.9 Å². The predicted molar refractivity (Wildman–Crippen MR) is 130 cm³/mol. The lowest BCUT2D eigenvalue weighted by Gasteiger charge is -2.17. The number of benzene rings is 2. The molecule has 0 radical (unpaired) electrons. The van der Waals surface area contributed by atoms with E-state index in [9.17, 15) is 19.5 Å². The number of aliphatic hydroxyl groups excluding tert-OH is 1. The third kappa shape index (κ3) is 6.30. The fourth-order valence-electron chi connectivity index (χ4n) is 3.67. The molecule has 11 heteroatoms. The van der Waals surface area contributed by atoms with Crippen molar-refractivity contribution in [2.45, 2.75) is 38.4 Å². The van der Waals surface area contributed by atoms with Crippen molar-refractivity contribution < 1.29 is 19.4 Å². The molecule has 2 amide bonds. The highest BCUT2D eigenvalue weighted by molar-refractivity contribution is 6.30. The summed E-state index contributed by atoms with van der Waals surface area (Å²) in [7, 11) is 0. The van der Waals surface area contributed by atoms with Gasteiger partial charge < -0.3 is 25.2 Å². The van der Waals surface area contributed by atoms with Crippen molar-refractivity contribution in [3.05, 3.63) is 91.7 Å². The molecule has 0 saturated carbocycles. The van der Waals surface area contributed by atoms with E-state index in [4.69, 9.17) is 21.1 Å². The van der Waals surface area contributed by atoms with Crippen LogP contribution in [-0.2, 0) is 11.3 Å². The summed E-state index contributed by atoms with van der Waals surface area (Å²) in [6, 6.07) is 13.8.